The first-order chi connectivity index (χ1) is 12.4. The van der Waals surface area contributed by atoms with Crippen molar-refractivity contribution in [1.29, 1.82) is 0 Å². The molecule has 0 aliphatic rings. The number of benzene rings is 1. The maximum atomic E-state index is 11.9. The van der Waals surface area contributed by atoms with Gasteiger partial charge in [-0.3, -0.25) is 4.79 Å². The molecule has 1 aromatic rings. The Kier molecular flexibility index (Phi) is 8.85. The Morgan fingerprint density at radius 2 is 1.44 bits per heavy atom. The van der Waals surface area contributed by atoms with Crippen LogP contribution in [-0.2, 0) is 32.5 Å². The van der Waals surface area contributed by atoms with Crippen LogP contribution in [0.2, 0.25) is 0 Å². The predicted octanol–water partition coefficient (Wildman–Crippen LogP) is 1.07. The average molecular weight is 459 g/mol. The summed E-state index contributed by atoms with van der Waals surface area (Å²) in [7, 11) is -6.70. The molecule has 154 valence electrons. The van der Waals surface area contributed by atoms with E-state index in [1.54, 1.807) is 6.92 Å². The fraction of sp³-hybridized carbons (Fsp3) is 0.562. The van der Waals surface area contributed by atoms with Crippen molar-refractivity contribution in [2.24, 2.45) is 5.73 Å². The second kappa shape index (κ2) is 9.95. The van der Waals surface area contributed by atoms with Crippen LogP contribution in [0.25, 0.3) is 0 Å². The van der Waals surface area contributed by atoms with E-state index in [1.807, 2.05) is 0 Å². The summed E-state index contributed by atoms with van der Waals surface area (Å²) in [5.41, 5.74) is 13.4. The van der Waals surface area contributed by atoms with Gasteiger partial charge < -0.3 is 11.5 Å². The maximum absolute atomic E-state index is 11.9. The van der Waals surface area contributed by atoms with Gasteiger partial charge in [-0.15, -0.1) is 23.2 Å². The molecule has 0 unspecified atom stereocenters. The van der Waals surface area contributed by atoms with Gasteiger partial charge in [0.1, 0.15) is 0 Å². The van der Waals surface area contributed by atoms with Crippen LogP contribution in [0.5, 0.6) is 0 Å². The summed E-state index contributed by atoms with van der Waals surface area (Å²) in [6.45, 7) is 1.69. The summed E-state index contributed by atoms with van der Waals surface area (Å²) < 4.78 is 47.6. The number of carbonyl (C=O) groups is 1. The van der Waals surface area contributed by atoms with Gasteiger partial charge in [-0.05, 0) is 42.5 Å². The number of sulfone groups is 2. The Bertz CT molecular complexity index is 900. The molecule has 27 heavy (non-hydrogen) atoms. The highest BCUT2D eigenvalue weighted by molar-refractivity contribution is 7.91. The highest BCUT2D eigenvalue weighted by Gasteiger charge is 2.20. The SMILES string of the molecule is Cc1c(CCS(=O)(=O)CCCl)cc(C(N)=O)c(CCS(=O)(=O)CCCl)c1N. The number of hydrogen-bond acceptors (Lipinski definition) is 6. The molecule has 0 aromatic heterocycles. The van der Waals surface area contributed by atoms with Gasteiger partial charge in [-0.25, -0.2) is 16.8 Å². The second-order valence-corrected chi connectivity index (χ2v) is 11.5. The molecule has 7 nitrogen and oxygen atoms in total. The minimum atomic E-state index is -3.38. The van der Waals surface area contributed by atoms with E-state index >= 15 is 0 Å². The number of nitrogens with two attached hydrogens (primary N) is 2. The molecule has 0 atom stereocenters. The number of carbonyl (C=O) groups excluding carboxylic acids is 1. The smallest absolute Gasteiger partial charge is 0.249 e. The highest BCUT2D eigenvalue weighted by Crippen LogP contribution is 2.27. The molecule has 1 amide bonds. The molecule has 11 heteroatoms. The second-order valence-electron chi connectivity index (χ2n) is 6.15. The Labute approximate surface area is 170 Å². The van der Waals surface area contributed by atoms with Gasteiger partial charge in [0.05, 0.1) is 23.0 Å². The number of aryl methyl sites for hydroxylation is 1. The monoisotopic (exact) mass is 458 g/mol. The lowest BCUT2D eigenvalue weighted by Gasteiger charge is -2.17. The van der Waals surface area contributed by atoms with Gasteiger partial charge in [0.25, 0.3) is 0 Å². The van der Waals surface area contributed by atoms with E-state index < -0.39 is 25.6 Å². The van der Waals surface area contributed by atoms with Crippen molar-refractivity contribution in [3.05, 3.63) is 28.3 Å². The van der Waals surface area contributed by atoms with Crippen LogP contribution < -0.4 is 11.5 Å². The molecule has 1 aromatic carbocycles. The Balaban J connectivity index is 3.21. The largest absolute Gasteiger partial charge is 0.398 e. The summed E-state index contributed by atoms with van der Waals surface area (Å²) in [6, 6.07) is 1.49. The average Bonchev–Trinajstić information content (AvgIpc) is 2.54. The minimum Gasteiger partial charge on any atom is -0.398 e. The summed E-state index contributed by atoms with van der Waals surface area (Å²) in [4.78, 5) is 11.9. The Hall–Kier alpha value is -1.03. The highest BCUT2D eigenvalue weighted by atomic mass is 35.5. The number of alkyl halides is 2. The van der Waals surface area contributed by atoms with Crippen LogP contribution in [0.15, 0.2) is 6.07 Å². The predicted molar refractivity (Wildman–Crippen MR) is 110 cm³/mol. The third-order valence-corrected chi connectivity index (χ3v) is 8.37. The molecule has 4 N–H and O–H groups in total. The minimum absolute atomic E-state index is 0.00566. The summed E-state index contributed by atoms with van der Waals surface area (Å²) in [5, 5.41) is 0. The van der Waals surface area contributed by atoms with Crippen molar-refractivity contribution in [3.63, 3.8) is 0 Å². The number of rotatable bonds is 11. The quantitative estimate of drug-likeness (QED) is 0.375. The first-order valence-electron chi connectivity index (χ1n) is 8.17. The number of hydrogen-bond donors (Lipinski definition) is 2. The van der Waals surface area contributed by atoms with Crippen molar-refractivity contribution in [2.45, 2.75) is 19.8 Å². The number of halogens is 2. The van der Waals surface area contributed by atoms with Crippen LogP contribution in [0.1, 0.15) is 27.0 Å². The lowest BCUT2D eigenvalue weighted by Crippen LogP contribution is -2.21. The summed E-state index contributed by atoms with van der Waals surface area (Å²) in [5.74, 6) is -1.43. The molecule has 0 heterocycles. The van der Waals surface area contributed by atoms with E-state index in [9.17, 15) is 21.6 Å². The van der Waals surface area contributed by atoms with Crippen LogP contribution in [-0.4, -0.2) is 57.5 Å². The lowest BCUT2D eigenvalue weighted by molar-refractivity contribution is 0.0999. The first-order valence-corrected chi connectivity index (χ1v) is 12.9. The van der Waals surface area contributed by atoms with Crippen LogP contribution >= 0.6 is 23.2 Å². The van der Waals surface area contributed by atoms with Crippen molar-refractivity contribution >= 4 is 54.5 Å². The summed E-state index contributed by atoms with van der Waals surface area (Å²) >= 11 is 11.0. The number of primary amides is 1. The van der Waals surface area contributed by atoms with Crippen LogP contribution in [0, 0.1) is 6.92 Å². The van der Waals surface area contributed by atoms with E-state index in [0.717, 1.165) is 0 Å². The fourth-order valence-corrected chi connectivity index (χ4v) is 5.96. The van der Waals surface area contributed by atoms with Crippen molar-refractivity contribution in [2.75, 3.05) is 40.5 Å². The molecule has 1 rings (SSSR count). The summed E-state index contributed by atoms with van der Waals surface area (Å²) in [6.07, 6.45) is 0.176. The van der Waals surface area contributed by atoms with Crippen LogP contribution in [0.3, 0.4) is 0 Å². The van der Waals surface area contributed by atoms with E-state index in [1.165, 1.54) is 6.07 Å². The molecule has 0 bridgehead atoms. The van der Waals surface area contributed by atoms with Crippen molar-refractivity contribution in [3.8, 4) is 0 Å². The number of anilines is 1. The van der Waals surface area contributed by atoms with Gasteiger partial charge in [0.2, 0.25) is 5.91 Å². The molecular weight excluding hydrogens is 435 g/mol. The van der Waals surface area contributed by atoms with E-state index in [4.69, 9.17) is 34.7 Å². The topological polar surface area (TPSA) is 137 Å². The van der Waals surface area contributed by atoms with Gasteiger partial charge in [0, 0.05) is 23.0 Å². The zero-order valence-corrected chi connectivity index (χ0v) is 18.1. The molecule has 0 saturated carbocycles. The molecule has 0 radical (unpaired) electrons. The molecule has 0 fully saturated rings. The zero-order chi connectivity index (χ0) is 20.8. The third-order valence-electron chi connectivity index (χ3n) is 4.24. The normalized spacial score (nSPS) is 12.3. The zero-order valence-electron chi connectivity index (χ0n) is 15.0. The molecule has 0 aliphatic carbocycles. The molecular formula is C16H24Cl2N2O5S2. The molecule has 0 saturated heterocycles. The van der Waals surface area contributed by atoms with Gasteiger partial charge in [-0.2, -0.15) is 0 Å². The Morgan fingerprint density at radius 3 is 1.89 bits per heavy atom. The van der Waals surface area contributed by atoms with Crippen LogP contribution in [0.4, 0.5) is 5.69 Å². The van der Waals surface area contributed by atoms with Crippen molar-refractivity contribution < 1.29 is 21.6 Å². The van der Waals surface area contributed by atoms with Gasteiger partial charge in [-0.1, -0.05) is 0 Å². The Morgan fingerprint density at radius 1 is 0.963 bits per heavy atom. The van der Waals surface area contributed by atoms with E-state index in [-0.39, 0.29) is 58.9 Å². The lowest BCUT2D eigenvalue weighted by atomic mass is 9.93. The first kappa shape index (κ1) is 24.0. The maximum Gasteiger partial charge on any atom is 0.249 e. The van der Waals surface area contributed by atoms with E-state index in [0.29, 0.717) is 16.7 Å². The van der Waals surface area contributed by atoms with Gasteiger partial charge >= 0.3 is 0 Å². The standard InChI is InChI=1S/C16H24Cl2N2O5S2/c1-11-12(2-6-26(22,23)8-4-17)10-14(16(20)21)13(15(11)19)3-7-27(24,25)9-5-18/h10H,2-9,19H2,1H3,(H2,20,21). The number of amides is 1. The molecule has 0 aliphatic heterocycles. The van der Waals surface area contributed by atoms with Crippen molar-refractivity contribution in [1.82, 2.24) is 0 Å². The molecule has 0 spiro atoms. The third kappa shape index (κ3) is 7.14. The number of nitrogen functional groups attached to an aromatic ring is 1. The fourth-order valence-electron chi connectivity index (χ4n) is 2.63. The van der Waals surface area contributed by atoms with Gasteiger partial charge in [0.15, 0.2) is 19.7 Å². The van der Waals surface area contributed by atoms with E-state index in [2.05, 4.69) is 0 Å².